The van der Waals surface area contributed by atoms with E-state index >= 15 is 0 Å². The van der Waals surface area contributed by atoms with Crippen LogP contribution >= 0.6 is 0 Å². The number of sulfonamides is 1. The van der Waals surface area contributed by atoms with Crippen LogP contribution in [0.3, 0.4) is 0 Å². The van der Waals surface area contributed by atoms with Gasteiger partial charge in [0.15, 0.2) is 0 Å². The van der Waals surface area contributed by atoms with E-state index in [1.54, 1.807) is 19.1 Å². The number of anilines is 1. The van der Waals surface area contributed by atoms with E-state index in [0.717, 1.165) is 16.7 Å². The summed E-state index contributed by atoms with van der Waals surface area (Å²) in [4.78, 5) is 27.5. The minimum atomic E-state index is -3.54. The van der Waals surface area contributed by atoms with Crippen LogP contribution in [0.15, 0.2) is 42.5 Å². The highest BCUT2D eigenvalue weighted by molar-refractivity contribution is 7.92. The molecule has 192 valence electrons. The molecule has 0 heterocycles. The van der Waals surface area contributed by atoms with E-state index < -0.39 is 16.1 Å². The molecule has 8 nitrogen and oxygen atoms in total. The van der Waals surface area contributed by atoms with Gasteiger partial charge in [-0.3, -0.25) is 13.9 Å². The zero-order valence-electron chi connectivity index (χ0n) is 21.5. The summed E-state index contributed by atoms with van der Waals surface area (Å²) in [5.74, 6) is 0.217. The van der Waals surface area contributed by atoms with Crippen LogP contribution in [0, 0.1) is 13.8 Å². The molecular formula is C26H37N3O5S. The standard InChI is InChI=1S/C26H37N3O5S/c1-7-23(26(31)27-4)28(18-21-10-8-11-22(17-21)34-5)25(30)12-9-15-29(35(6,32)33)24-16-19(2)13-14-20(24)3/h8,10-11,13-14,16-17,23H,7,9,12,15,18H2,1-6H3,(H,27,31)/t23-/m1/s1. The molecule has 0 aliphatic carbocycles. The first-order chi connectivity index (χ1) is 16.5. The minimum Gasteiger partial charge on any atom is -0.497 e. The first-order valence-electron chi connectivity index (χ1n) is 11.7. The second-order valence-corrected chi connectivity index (χ2v) is 10.5. The van der Waals surface area contributed by atoms with Gasteiger partial charge in [-0.15, -0.1) is 0 Å². The van der Waals surface area contributed by atoms with Gasteiger partial charge in [0.25, 0.3) is 0 Å². The van der Waals surface area contributed by atoms with Crippen molar-refractivity contribution in [1.29, 1.82) is 0 Å². The Morgan fingerprint density at radius 3 is 2.43 bits per heavy atom. The maximum absolute atomic E-state index is 13.4. The van der Waals surface area contributed by atoms with Crippen LogP contribution in [0.1, 0.15) is 42.9 Å². The number of likely N-dealkylation sites (N-methyl/N-ethyl adjacent to an activating group) is 1. The number of nitrogens with one attached hydrogen (secondary N) is 1. The monoisotopic (exact) mass is 503 g/mol. The lowest BCUT2D eigenvalue weighted by Crippen LogP contribution is -2.48. The fourth-order valence-corrected chi connectivity index (χ4v) is 5.04. The van der Waals surface area contributed by atoms with Crippen molar-refractivity contribution in [2.24, 2.45) is 0 Å². The maximum atomic E-state index is 13.4. The average Bonchev–Trinajstić information content (AvgIpc) is 2.82. The molecule has 0 radical (unpaired) electrons. The third-order valence-electron chi connectivity index (χ3n) is 5.90. The third kappa shape index (κ3) is 7.71. The van der Waals surface area contributed by atoms with Gasteiger partial charge in [-0.05, 0) is 61.6 Å². The number of carbonyl (C=O) groups excluding carboxylic acids is 2. The summed E-state index contributed by atoms with van der Waals surface area (Å²) in [5.41, 5.74) is 3.26. The molecule has 0 saturated carbocycles. The molecule has 2 rings (SSSR count). The lowest BCUT2D eigenvalue weighted by molar-refractivity contribution is -0.141. The molecule has 1 N–H and O–H groups in total. The Hall–Kier alpha value is -3.07. The number of nitrogens with zero attached hydrogens (tertiary/aromatic N) is 2. The van der Waals surface area contributed by atoms with Crippen molar-refractivity contribution >= 4 is 27.5 Å². The second kappa shape index (κ2) is 12.6. The third-order valence-corrected chi connectivity index (χ3v) is 7.08. The number of hydrogen-bond donors (Lipinski definition) is 1. The van der Waals surface area contributed by atoms with Crippen LogP contribution in [0.2, 0.25) is 0 Å². The largest absolute Gasteiger partial charge is 0.497 e. The number of ether oxygens (including phenoxy) is 1. The van der Waals surface area contributed by atoms with Crippen LogP contribution in [-0.2, 0) is 26.2 Å². The Morgan fingerprint density at radius 2 is 1.83 bits per heavy atom. The van der Waals surface area contributed by atoms with Crippen molar-refractivity contribution in [3.63, 3.8) is 0 Å². The van der Waals surface area contributed by atoms with Crippen LogP contribution < -0.4 is 14.4 Å². The van der Waals surface area contributed by atoms with Crippen molar-refractivity contribution in [3.05, 3.63) is 59.2 Å². The molecule has 2 amide bonds. The molecule has 2 aromatic carbocycles. The average molecular weight is 504 g/mol. The van der Waals surface area contributed by atoms with Crippen LogP contribution in [0.25, 0.3) is 0 Å². The summed E-state index contributed by atoms with van der Waals surface area (Å²) >= 11 is 0. The van der Waals surface area contributed by atoms with Crippen molar-refractivity contribution in [1.82, 2.24) is 10.2 Å². The normalized spacial score (nSPS) is 12.1. The number of aryl methyl sites for hydroxylation is 2. The maximum Gasteiger partial charge on any atom is 0.242 e. The lowest BCUT2D eigenvalue weighted by Gasteiger charge is -2.31. The summed E-state index contributed by atoms with van der Waals surface area (Å²) in [7, 11) is -0.416. The Balaban J connectivity index is 2.24. The Labute approximate surface area is 209 Å². The molecule has 35 heavy (non-hydrogen) atoms. The first kappa shape index (κ1) is 28.2. The van der Waals surface area contributed by atoms with Crippen LogP contribution in [0.5, 0.6) is 5.75 Å². The molecule has 9 heteroatoms. The molecule has 2 aromatic rings. The summed E-state index contributed by atoms with van der Waals surface area (Å²) < 4.78 is 31.8. The molecule has 0 bridgehead atoms. The minimum absolute atomic E-state index is 0.106. The number of amides is 2. The van der Waals surface area contributed by atoms with E-state index in [1.807, 2.05) is 63.2 Å². The number of benzene rings is 2. The van der Waals surface area contributed by atoms with Gasteiger partial charge in [-0.1, -0.05) is 31.2 Å². The van der Waals surface area contributed by atoms with Crippen molar-refractivity contribution < 1.29 is 22.7 Å². The molecule has 0 spiro atoms. The Bertz CT molecular complexity index is 1130. The summed E-state index contributed by atoms with van der Waals surface area (Å²) in [6.45, 7) is 6.04. The zero-order chi connectivity index (χ0) is 26.2. The summed E-state index contributed by atoms with van der Waals surface area (Å²) in [6.07, 6.45) is 2.05. The lowest BCUT2D eigenvalue weighted by atomic mass is 10.1. The van der Waals surface area contributed by atoms with E-state index in [9.17, 15) is 18.0 Å². The van der Waals surface area contributed by atoms with Crippen molar-refractivity contribution in [2.45, 2.75) is 52.6 Å². The van der Waals surface area contributed by atoms with E-state index in [2.05, 4.69) is 5.32 Å². The molecule has 0 fully saturated rings. The molecule has 0 aliphatic rings. The van der Waals surface area contributed by atoms with Gasteiger partial charge in [0.05, 0.1) is 19.1 Å². The molecular weight excluding hydrogens is 466 g/mol. The topological polar surface area (TPSA) is 96.0 Å². The van der Waals surface area contributed by atoms with Gasteiger partial charge >= 0.3 is 0 Å². The van der Waals surface area contributed by atoms with Gasteiger partial charge in [0.2, 0.25) is 21.8 Å². The van der Waals surface area contributed by atoms with Gasteiger partial charge in [-0.2, -0.15) is 0 Å². The Kier molecular flexibility index (Phi) is 10.1. The highest BCUT2D eigenvalue weighted by Crippen LogP contribution is 2.25. The van der Waals surface area contributed by atoms with Crippen LogP contribution in [-0.4, -0.2) is 58.1 Å². The van der Waals surface area contributed by atoms with Crippen molar-refractivity contribution in [2.75, 3.05) is 31.3 Å². The predicted molar refractivity (Wildman–Crippen MR) is 139 cm³/mol. The predicted octanol–water partition coefficient (Wildman–Crippen LogP) is 3.41. The van der Waals surface area contributed by atoms with E-state index in [4.69, 9.17) is 4.74 Å². The highest BCUT2D eigenvalue weighted by atomic mass is 32.2. The van der Waals surface area contributed by atoms with Gasteiger partial charge in [0.1, 0.15) is 11.8 Å². The second-order valence-electron chi connectivity index (χ2n) is 8.64. The van der Waals surface area contributed by atoms with E-state index in [1.165, 1.54) is 10.6 Å². The van der Waals surface area contributed by atoms with Crippen molar-refractivity contribution in [3.8, 4) is 5.75 Å². The van der Waals surface area contributed by atoms with E-state index in [-0.39, 0.29) is 31.3 Å². The Morgan fingerprint density at radius 1 is 1.11 bits per heavy atom. The van der Waals surface area contributed by atoms with E-state index in [0.29, 0.717) is 24.3 Å². The quantitative estimate of drug-likeness (QED) is 0.479. The fourth-order valence-electron chi connectivity index (χ4n) is 4.02. The fraction of sp³-hybridized carbons (Fsp3) is 0.462. The zero-order valence-corrected chi connectivity index (χ0v) is 22.3. The number of hydrogen-bond acceptors (Lipinski definition) is 5. The summed E-state index contributed by atoms with van der Waals surface area (Å²) in [5, 5.41) is 2.64. The highest BCUT2D eigenvalue weighted by Gasteiger charge is 2.28. The van der Waals surface area contributed by atoms with Crippen LogP contribution in [0.4, 0.5) is 5.69 Å². The number of methoxy groups -OCH3 is 1. The molecule has 0 saturated heterocycles. The van der Waals surface area contributed by atoms with Gasteiger partial charge in [0, 0.05) is 26.6 Å². The smallest absolute Gasteiger partial charge is 0.242 e. The molecule has 1 atom stereocenters. The number of carbonyl (C=O) groups is 2. The number of rotatable bonds is 12. The summed E-state index contributed by atoms with van der Waals surface area (Å²) in [6, 6.07) is 12.4. The first-order valence-corrected chi connectivity index (χ1v) is 13.6. The molecule has 0 unspecified atom stereocenters. The van der Waals surface area contributed by atoms with Gasteiger partial charge < -0.3 is 15.0 Å². The molecule has 0 aromatic heterocycles. The SMILES string of the molecule is CC[C@H](C(=O)NC)N(Cc1cccc(OC)c1)C(=O)CCCN(c1cc(C)ccc1C)S(C)(=O)=O. The van der Waals surface area contributed by atoms with Gasteiger partial charge in [-0.25, -0.2) is 8.42 Å². The molecule has 0 aliphatic heterocycles.